The Bertz CT molecular complexity index is 344. The van der Waals surface area contributed by atoms with Crippen LogP contribution in [0.3, 0.4) is 0 Å². The van der Waals surface area contributed by atoms with Crippen LogP contribution in [0, 0.1) is 0 Å². The summed E-state index contributed by atoms with van der Waals surface area (Å²) in [5, 5.41) is 8.53. The Labute approximate surface area is 95.3 Å². The quantitative estimate of drug-likeness (QED) is 0.777. The molecule has 1 heterocycles. The van der Waals surface area contributed by atoms with Gasteiger partial charge in [-0.2, -0.15) is 0 Å². The van der Waals surface area contributed by atoms with Crippen molar-refractivity contribution in [3.63, 3.8) is 0 Å². The van der Waals surface area contributed by atoms with Gasteiger partial charge in [-0.1, -0.05) is 0 Å². The Balaban J connectivity index is 2.52. The fraction of sp³-hybridized carbons (Fsp3) is 0.500. The first-order valence-corrected chi connectivity index (χ1v) is 5.26. The molecule has 88 valence electrons. The van der Waals surface area contributed by atoms with E-state index >= 15 is 0 Å². The van der Waals surface area contributed by atoms with Gasteiger partial charge >= 0.3 is 5.97 Å². The summed E-state index contributed by atoms with van der Waals surface area (Å²) < 4.78 is 5.31. The van der Waals surface area contributed by atoms with Crippen LogP contribution in [0.25, 0.3) is 0 Å². The molecule has 0 amide bonds. The topological polar surface area (TPSA) is 58.9 Å². The van der Waals surface area contributed by atoms with Crippen molar-refractivity contribution in [2.45, 2.75) is 31.8 Å². The summed E-state index contributed by atoms with van der Waals surface area (Å²) in [5.41, 5.74) is 0.469. The molecule has 0 aromatic carbocycles. The van der Waals surface area contributed by atoms with Crippen molar-refractivity contribution in [3.8, 4) is 0 Å². The highest BCUT2D eigenvalue weighted by atomic mass is 16.5. The molecule has 1 aliphatic heterocycles. The van der Waals surface area contributed by atoms with E-state index in [1.54, 1.807) is 13.3 Å². The number of hydrogen-bond donors (Lipinski definition) is 1. The van der Waals surface area contributed by atoms with Gasteiger partial charge in [0.25, 0.3) is 0 Å². The van der Waals surface area contributed by atoms with Crippen LogP contribution in [-0.4, -0.2) is 29.5 Å². The van der Waals surface area contributed by atoms with Crippen LogP contribution < -0.4 is 0 Å². The number of nitrogens with zero attached hydrogens (tertiary/aromatic N) is 1. The van der Waals surface area contributed by atoms with Gasteiger partial charge < -0.3 is 9.84 Å². The molecule has 0 aromatic heterocycles. The number of allylic oxidation sites excluding steroid dienone is 1. The normalized spacial score (nSPS) is 24.0. The van der Waals surface area contributed by atoms with Crippen molar-refractivity contribution in [1.82, 2.24) is 0 Å². The van der Waals surface area contributed by atoms with Gasteiger partial charge in [-0.05, 0) is 38.0 Å². The predicted octanol–water partition coefficient (Wildman–Crippen LogP) is 2.17. The zero-order chi connectivity index (χ0) is 12.0. The average molecular weight is 223 g/mol. The molecule has 0 saturated heterocycles. The molecule has 0 fully saturated rings. The molecule has 0 radical (unpaired) electrons. The van der Waals surface area contributed by atoms with Crippen molar-refractivity contribution in [2.24, 2.45) is 4.99 Å². The van der Waals surface area contributed by atoms with Gasteiger partial charge in [0, 0.05) is 25.4 Å². The molecule has 0 aromatic rings. The van der Waals surface area contributed by atoms with Crippen molar-refractivity contribution in [1.29, 1.82) is 0 Å². The Hall–Kier alpha value is -1.42. The molecule has 1 unspecified atom stereocenters. The van der Waals surface area contributed by atoms with E-state index in [2.05, 4.69) is 4.99 Å². The fourth-order valence-electron chi connectivity index (χ4n) is 1.35. The van der Waals surface area contributed by atoms with Crippen LogP contribution in [0.15, 0.2) is 29.4 Å². The van der Waals surface area contributed by atoms with Crippen LogP contribution in [-0.2, 0) is 9.53 Å². The molecule has 16 heavy (non-hydrogen) atoms. The maximum atomic E-state index is 10.4. The largest absolute Gasteiger partial charge is 0.481 e. The van der Waals surface area contributed by atoms with Gasteiger partial charge in [0.15, 0.2) is 0 Å². The zero-order valence-electron chi connectivity index (χ0n) is 9.64. The van der Waals surface area contributed by atoms with E-state index in [4.69, 9.17) is 9.84 Å². The minimum atomic E-state index is -0.768. The van der Waals surface area contributed by atoms with Crippen molar-refractivity contribution >= 4 is 11.7 Å². The van der Waals surface area contributed by atoms with E-state index in [1.807, 2.05) is 25.2 Å². The van der Waals surface area contributed by atoms with E-state index in [1.165, 1.54) is 0 Å². The molecule has 1 aliphatic rings. The standard InChI is InChI=1S/C12H17NO3/c1-12(16-2)7-6-10(13-9-8-12)4-3-5-11(14)15/h6-9H,3-5H2,1-2H3,(H,14,15). The molecule has 0 spiro atoms. The number of methoxy groups -OCH3 is 1. The first-order valence-electron chi connectivity index (χ1n) is 5.26. The maximum absolute atomic E-state index is 10.4. The third-order valence-electron chi connectivity index (χ3n) is 2.52. The van der Waals surface area contributed by atoms with Gasteiger partial charge in [-0.3, -0.25) is 9.79 Å². The van der Waals surface area contributed by atoms with Crippen LogP contribution in [0.1, 0.15) is 26.2 Å². The Morgan fingerprint density at radius 1 is 1.56 bits per heavy atom. The highest BCUT2D eigenvalue weighted by Crippen LogP contribution is 2.16. The second kappa shape index (κ2) is 5.61. The maximum Gasteiger partial charge on any atom is 0.303 e. The summed E-state index contributed by atoms with van der Waals surface area (Å²) in [4.78, 5) is 14.6. The number of aliphatic carboxylic acids is 1. The SMILES string of the molecule is COC1(C)C=CN=C(CCCC(=O)O)C=C1. The smallest absolute Gasteiger partial charge is 0.303 e. The first-order chi connectivity index (χ1) is 7.56. The third kappa shape index (κ3) is 3.98. The number of rotatable bonds is 5. The molecule has 4 heteroatoms. The van der Waals surface area contributed by atoms with E-state index in [9.17, 15) is 4.79 Å². The number of carbonyl (C=O) groups is 1. The lowest BCUT2D eigenvalue weighted by molar-refractivity contribution is -0.137. The Morgan fingerprint density at radius 2 is 2.31 bits per heavy atom. The minimum Gasteiger partial charge on any atom is -0.481 e. The van der Waals surface area contributed by atoms with Gasteiger partial charge in [-0.15, -0.1) is 0 Å². The molecule has 0 bridgehead atoms. The van der Waals surface area contributed by atoms with E-state index in [-0.39, 0.29) is 6.42 Å². The third-order valence-corrected chi connectivity index (χ3v) is 2.52. The average Bonchev–Trinajstić information content (AvgIpc) is 2.42. The second-order valence-corrected chi connectivity index (χ2v) is 3.90. The minimum absolute atomic E-state index is 0.179. The lowest BCUT2D eigenvalue weighted by atomic mass is 10.1. The van der Waals surface area contributed by atoms with Gasteiger partial charge in [0.1, 0.15) is 5.60 Å². The van der Waals surface area contributed by atoms with E-state index < -0.39 is 11.6 Å². The highest BCUT2D eigenvalue weighted by Gasteiger charge is 2.16. The molecule has 0 saturated carbocycles. The lowest BCUT2D eigenvalue weighted by Gasteiger charge is -2.18. The van der Waals surface area contributed by atoms with E-state index in [0.29, 0.717) is 12.8 Å². The van der Waals surface area contributed by atoms with Gasteiger partial charge in [-0.25, -0.2) is 0 Å². The summed E-state index contributed by atoms with van der Waals surface area (Å²) in [6.07, 6.45) is 8.86. The molecule has 1 rings (SSSR count). The molecule has 1 atom stereocenters. The second-order valence-electron chi connectivity index (χ2n) is 3.90. The summed E-state index contributed by atoms with van der Waals surface area (Å²) in [7, 11) is 1.64. The molecular formula is C12H17NO3. The van der Waals surface area contributed by atoms with Crippen LogP contribution in [0.4, 0.5) is 0 Å². The van der Waals surface area contributed by atoms with Crippen LogP contribution in [0.5, 0.6) is 0 Å². The van der Waals surface area contributed by atoms with Gasteiger partial charge in [0.05, 0.1) is 0 Å². The number of ether oxygens (including phenoxy) is 1. The monoisotopic (exact) mass is 223 g/mol. The van der Waals surface area contributed by atoms with Crippen molar-refractivity contribution in [2.75, 3.05) is 7.11 Å². The summed E-state index contributed by atoms with van der Waals surface area (Å²) in [6, 6.07) is 0. The number of aliphatic imine (C=N–C) groups is 1. The zero-order valence-corrected chi connectivity index (χ0v) is 9.64. The van der Waals surface area contributed by atoms with Gasteiger partial charge in [0.2, 0.25) is 0 Å². The summed E-state index contributed by atoms with van der Waals surface area (Å²) >= 11 is 0. The van der Waals surface area contributed by atoms with Crippen molar-refractivity contribution < 1.29 is 14.6 Å². The molecule has 1 N–H and O–H groups in total. The summed E-state index contributed by atoms with van der Waals surface area (Å²) in [5.74, 6) is -0.768. The Morgan fingerprint density at radius 3 is 2.94 bits per heavy atom. The lowest BCUT2D eigenvalue weighted by Crippen LogP contribution is -2.20. The molecular weight excluding hydrogens is 206 g/mol. The van der Waals surface area contributed by atoms with Crippen LogP contribution >= 0.6 is 0 Å². The van der Waals surface area contributed by atoms with E-state index in [0.717, 1.165) is 5.71 Å². The predicted molar refractivity (Wildman–Crippen MR) is 62.6 cm³/mol. The molecule has 0 aliphatic carbocycles. The molecule has 4 nitrogen and oxygen atoms in total. The first kappa shape index (κ1) is 12.6. The number of carboxylic acids is 1. The Kier molecular flexibility index (Phi) is 4.43. The number of carboxylic acid groups (broad SMARTS) is 1. The fourth-order valence-corrected chi connectivity index (χ4v) is 1.35. The summed E-state index contributed by atoms with van der Waals surface area (Å²) in [6.45, 7) is 1.94. The number of hydrogen-bond acceptors (Lipinski definition) is 3. The van der Waals surface area contributed by atoms with Crippen LogP contribution in [0.2, 0.25) is 0 Å². The van der Waals surface area contributed by atoms with Crippen molar-refractivity contribution in [3.05, 3.63) is 24.4 Å². The highest BCUT2D eigenvalue weighted by molar-refractivity contribution is 5.96.